The standard InChI is InChI=1S/C31H32N6O2/c38-30-27-29(37(31(39)34-30)22-23-10-4-1-5-11-23)33-26(32-27)16-17-35-18-20-36(21-19-35)28(24-12-6-2-7-13-24)25-14-8-3-9-15-25/h1-15,28H,16-22H2,(H,32,33)(H,34,38,39). The maximum Gasteiger partial charge on any atom is 0.330 e. The van der Waals surface area contributed by atoms with E-state index in [4.69, 9.17) is 0 Å². The van der Waals surface area contributed by atoms with E-state index in [1.165, 1.54) is 15.7 Å². The molecular weight excluding hydrogens is 488 g/mol. The second-order valence-corrected chi connectivity index (χ2v) is 10.1. The number of benzene rings is 3. The molecule has 0 aliphatic carbocycles. The van der Waals surface area contributed by atoms with Crippen LogP contribution in [0.25, 0.3) is 11.2 Å². The number of nitrogens with one attached hydrogen (secondary N) is 2. The number of nitrogens with zero attached hydrogens (tertiary/aromatic N) is 4. The lowest BCUT2D eigenvalue weighted by atomic mass is 9.96. The highest BCUT2D eigenvalue weighted by Crippen LogP contribution is 2.29. The first-order valence-corrected chi connectivity index (χ1v) is 13.5. The van der Waals surface area contributed by atoms with E-state index >= 15 is 0 Å². The fourth-order valence-corrected chi connectivity index (χ4v) is 5.51. The first-order valence-electron chi connectivity index (χ1n) is 13.5. The van der Waals surface area contributed by atoms with Gasteiger partial charge in [0, 0.05) is 39.1 Å². The number of rotatable bonds is 8. The van der Waals surface area contributed by atoms with E-state index in [1.54, 1.807) is 0 Å². The van der Waals surface area contributed by atoms with Crippen LogP contribution in [0.5, 0.6) is 0 Å². The van der Waals surface area contributed by atoms with Crippen LogP contribution >= 0.6 is 0 Å². The van der Waals surface area contributed by atoms with Crippen LogP contribution in [0.4, 0.5) is 0 Å². The number of hydrogen-bond donors (Lipinski definition) is 2. The molecule has 1 aliphatic rings. The van der Waals surface area contributed by atoms with Crippen molar-refractivity contribution in [3.05, 3.63) is 134 Å². The molecule has 6 rings (SSSR count). The Morgan fingerprint density at radius 3 is 1.95 bits per heavy atom. The average Bonchev–Trinajstić information content (AvgIpc) is 3.42. The molecule has 0 atom stereocenters. The Morgan fingerprint density at radius 2 is 1.33 bits per heavy atom. The van der Waals surface area contributed by atoms with E-state index in [1.807, 2.05) is 30.3 Å². The third-order valence-corrected chi connectivity index (χ3v) is 7.53. The van der Waals surface area contributed by atoms with Crippen LogP contribution in [0.15, 0.2) is 101 Å². The summed E-state index contributed by atoms with van der Waals surface area (Å²) in [6, 6.07) is 31.4. The monoisotopic (exact) mass is 520 g/mol. The quantitative estimate of drug-likeness (QED) is 0.327. The summed E-state index contributed by atoms with van der Waals surface area (Å²) in [7, 11) is 0. The van der Waals surface area contributed by atoms with Gasteiger partial charge in [0.05, 0.1) is 12.6 Å². The van der Waals surface area contributed by atoms with E-state index < -0.39 is 11.2 Å². The molecule has 39 heavy (non-hydrogen) atoms. The van der Waals surface area contributed by atoms with E-state index in [0.29, 0.717) is 24.1 Å². The molecule has 0 unspecified atom stereocenters. The Hall–Kier alpha value is -4.27. The molecule has 8 heteroatoms. The summed E-state index contributed by atoms with van der Waals surface area (Å²) in [5, 5.41) is 0. The lowest BCUT2D eigenvalue weighted by molar-refractivity contribution is 0.110. The summed E-state index contributed by atoms with van der Waals surface area (Å²) in [5.41, 5.74) is 3.47. The predicted molar refractivity (Wildman–Crippen MR) is 153 cm³/mol. The summed E-state index contributed by atoms with van der Waals surface area (Å²) in [5.74, 6) is 0.719. The Labute approximate surface area is 226 Å². The fourth-order valence-electron chi connectivity index (χ4n) is 5.51. The highest BCUT2D eigenvalue weighted by molar-refractivity contribution is 5.69. The predicted octanol–water partition coefficient (Wildman–Crippen LogP) is 3.41. The van der Waals surface area contributed by atoms with Crippen molar-refractivity contribution >= 4 is 11.2 Å². The molecule has 1 fully saturated rings. The fraction of sp³-hybridized carbons (Fsp3) is 0.258. The number of hydrogen-bond acceptors (Lipinski definition) is 5. The number of aromatic nitrogens is 4. The minimum Gasteiger partial charge on any atom is -0.336 e. The van der Waals surface area contributed by atoms with Gasteiger partial charge in [0.1, 0.15) is 11.3 Å². The van der Waals surface area contributed by atoms with Gasteiger partial charge in [-0.15, -0.1) is 0 Å². The van der Waals surface area contributed by atoms with Crippen LogP contribution in [0.1, 0.15) is 28.6 Å². The van der Waals surface area contributed by atoms with E-state index in [9.17, 15) is 9.59 Å². The first-order chi connectivity index (χ1) is 19.2. The molecule has 2 N–H and O–H groups in total. The van der Waals surface area contributed by atoms with E-state index in [-0.39, 0.29) is 6.04 Å². The zero-order chi connectivity index (χ0) is 26.6. The zero-order valence-corrected chi connectivity index (χ0v) is 21.8. The minimum atomic E-state index is -0.447. The molecule has 0 spiro atoms. The second kappa shape index (κ2) is 11.2. The van der Waals surface area contributed by atoms with Crippen molar-refractivity contribution in [1.29, 1.82) is 0 Å². The molecule has 0 amide bonds. The van der Waals surface area contributed by atoms with Gasteiger partial charge in [-0.05, 0) is 16.7 Å². The molecule has 3 heterocycles. The smallest absolute Gasteiger partial charge is 0.330 e. The van der Waals surface area contributed by atoms with Crippen molar-refractivity contribution < 1.29 is 0 Å². The van der Waals surface area contributed by atoms with Crippen LogP contribution in [-0.2, 0) is 13.0 Å². The number of H-pyrrole nitrogens is 2. The van der Waals surface area contributed by atoms with Crippen LogP contribution < -0.4 is 11.2 Å². The minimum absolute atomic E-state index is 0.234. The summed E-state index contributed by atoms with van der Waals surface area (Å²) < 4.78 is 1.53. The normalized spacial score (nSPS) is 14.8. The molecule has 2 aromatic heterocycles. The molecule has 5 aromatic rings. The number of imidazole rings is 1. The Morgan fingerprint density at radius 1 is 0.744 bits per heavy atom. The van der Waals surface area contributed by atoms with Gasteiger partial charge in [-0.2, -0.15) is 0 Å². The van der Waals surface area contributed by atoms with Gasteiger partial charge in [-0.3, -0.25) is 19.2 Å². The molecular formula is C31H32N6O2. The molecule has 8 nitrogen and oxygen atoms in total. The Balaban J connectivity index is 1.14. The number of aromatic amines is 2. The third kappa shape index (κ3) is 5.48. The number of fused-ring (bicyclic) bond motifs is 1. The van der Waals surface area contributed by atoms with Gasteiger partial charge in [0.25, 0.3) is 5.56 Å². The first kappa shape index (κ1) is 25.0. The summed E-state index contributed by atoms with van der Waals surface area (Å²) in [6.07, 6.45) is 0.675. The maximum absolute atomic E-state index is 12.6. The topological polar surface area (TPSA) is 90.0 Å². The molecule has 1 aliphatic heterocycles. The molecule has 1 saturated heterocycles. The van der Waals surface area contributed by atoms with Crippen molar-refractivity contribution in [1.82, 2.24) is 29.3 Å². The van der Waals surface area contributed by atoms with Crippen LogP contribution in [0, 0.1) is 0 Å². The van der Waals surface area contributed by atoms with E-state index in [0.717, 1.165) is 44.1 Å². The van der Waals surface area contributed by atoms with Gasteiger partial charge in [-0.25, -0.2) is 9.78 Å². The highest BCUT2D eigenvalue weighted by atomic mass is 16.2. The SMILES string of the molecule is O=c1[nH]c(=O)n(Cc2ccccc2)c2nc(CCN3CCN(C(c4ccccc4)c4ccccc4)CC3)[nH]c12. The van der Waals surface area contributed by atoms with Crippen molar-refractivity contribution in [2.75, 3.05) is 32.7 Å². The molecule has 0 saturated carbocycles. The number of piperazine rings is 1. The van der Waals surface area contributed by atoms with Gasteiger partial charge < -0.3 is 9.88 Å². The largest absolute Gasteiger partial charge is 0.336 e. The van der Waals surface area contributed by atoms with Gasteiger partial charge in [-0.1, -0.05) is 91.0 Å². The third-order valence-electron chi connectivity index (χ3n) is 7.53. The molecule has 0 radical (unpaired) electrons. The van der Waals surface area contributed by atoms with Crippen LogP contribution in [0.3, 0.4) is 0 Å². The molecule has 198 valence electrons. The summed E-state index contributed by atoms with van der Waals surface area (Å²) in [4.78, 5) is 40.4. The van der Waals surface area contributed by atoms with Crippen LogP contribution in [0.2, 0.25) is 0 Å². The average molecular weight is 521 g/mol. The van der Waals surface area contributed by atoms with Crippen molar-refractivity contribution in [2.24, 2.45) is 0 Å². The van der Waals surface area contributed by atoms with Crippen LogP contribution in [-0.4, -0.2) is 62.0 Å². The maximum atomic E-state index is 12.6. The van der Waals surface area contributed by atoms with Crippen molar-refractivity contribution in [3.63, 3.8) is 0 Å². The zero-order valence-electron chi connectivity index (χ0n) is 21.8. The summed E-state index contributed by atoms with van der Waals surface area (Å²) in [6.45, 7) is 5.01. The van der Waals surface area contributed by atoms with Gasteiger partial charge in [0.2, 0.25) is 0 Å². The second-order valence-electron chi connectivity index (χ2n) is 10.1. The molecule has 3 aromatic carbocycles. The lowest BCUT2D eigenvalue weighted by Gasteiger charge is -2.39. The van der Waals surface area contributed by atoms with E-state index in [2.05, 4.69) is 85.4 Å². The van der Waals surface area contributed by atoms with Gasteiger partial charge >= 0.3 is 5.69 Å². The van der Waals surface area contributed by atoms with Crippen molar-refractivity contribution in [2.45, 2.75) is 19.0 Å². The Bertz CT molecular complexity index is 1600. The van der Waals surface area contributed by atoms with Crippen molar-refractivity contribution in [3.8, 4) is 0 Å². The Kier molecular flexibility index (Phi) is 7.21. The van der Waals surface area contributed by atoms with Gasteiger partial charge in [0.15, 0.2) is 5.65 Å². The lowest BCUT2D eigenvalue weighted by Crippen LogP contribution is -2.48. The molecule has 0 bridgehead atoms. The summed E-state index contributed by atoms with van der Waals surface area (Å²) >= 11 is 0. The highest BCUT2D eigenvalue weighted by Gasteiger charge is 2.26.